The van der Waals surface area contributed by atoms with E-state index in [0.717, 1.165) is 67.0 Å². The van der Waals surface area contributed by atoms with Gasteiger partial charge in [-0.1, -0.05) is 30.3 Å². The average molecular weight is 555 g/mol. The fraction of sp³-hybridized carbons (Fsp3) is 0.500. The zero-order valence-electron chi connectivity index (χ0n) is 23.1. The Morgan fingerprint density at radius 1 is 1.26 bits per heavy atom. The van der Waals surface area contributed by atoms with Gasteiger partial charge >= 0.3 is 0 Å². The molecule has 2 atom stereocenters. The molecule has 1 N–H and O–H groups in total. The van der Waals surface area contributed by atoms with E-state index in [-0.39, 0.29) is 18.4 Å². The van der Waals surface area contributed by atoms with Gasteiger partial charge in [-0.3, -0.25) is 24.1 Å². The molecule has 4 rings (SSSR count). The Morgan fingerprint density at radius 2 is 2.08 bits per heavy atom. The first-order chi connectivity index (χ1) is 18.6. The Balaban J connectivity index is 1.57. The van der Waals surface area contributed by atoms with E-state index in [1.165, 1.54) is 5.56 Å². The van der Waals surface area contributed by atoms with Gasteiger partial charge in [0, 0.05) is 56.8 Å². The van der Waals surface area contributed by atoms with Crippen LogP contribution in [0.2, 0.25) is 0 Å². The van der Waals surface area contributed by atoms with E-state index in [1.807, 2.05) is 31.5 Å². The first-order valence-corrected chi connectivity index (χ1v) is 15.3. The summed E-state index contributed by atoms with van der Waals surface area (Å²) in [6.45, 7) is 9.20. The van der Waals surface area contributed by atoms with Gasteiger partial charge in [-0.25, -0.2) is 8.42 Å². The van der Waals surface area contributed by atoms with Crippen LogP contribution >= 0.6 is 0 Å². The van der Waals surface area contributed by atoms with Crippen LogP contribution in [-0.4, -0.2) is 58.1 Å². The third-order valence-corrected chi connectivity index (χ3v) is 7.69. The Kier molecular flexibility index (Phi) is 9.34. The molecule has 2 unspecified atom stereocenters. The second-order valence-corrected chi connectivity index (χ2v) is 12.0. The normalized spacial score (nSPS) is 16.7. The molecule has 0 bridgehead atoms. The van der Waals surface area contributed by atoms with Crippen molar-refractivity contribution in [2.75, 3.05) is 12.8 Å². The molecule has 210 valence electrons. The molecule has 1 aliphatic heterocycles. The van der Waals surface area contributed by atoms with E-state index in [4.69, 9.17) is 4.74 Å². The highest BCUT2D eigenvalue weighted by molar-refractivity contribution is 7.89. The molecule has 0 saturated heterocycles. The maximum atomic E-state index is 12.6. The lowest BCUT2D eigenvalue weighted by atomic mass is 9.88. The quantitative estimate of drug-likeness (QED) is 0.383. The van der Waals surface area contributed by atoms with E-state index in [2.05, 4.69) is 50.9 Å². The Labute approximate surface area is 230 Å². The third kappa shape index (κ3) is 8.09. The molecule has 39 heavy (non-hydrogen) atoms. The number of hydrogen-bond acceptors (Lipinski definition) is 8. The van der Waals surface area contributed by atoms with Crippen molar-refractivity contribution < 1.29 is 17.9 Å². The summed E-state index contributed by atoms with van der Waals surface area (Å²) in [5.41, 5.74) is 5.24. The summed E-state index contributed by atoms with van der Waals surface area (Å²) in [7, 11) is -3.64. The summed E-state index contributed by atoms with van der Waals surface area (Å²) in [5, 5.41) is 8.35. The molecular weight excluding hydrogens is 516 g/mol. The molecule has 3 aromatic rings. The summed E-state index contributed by atoms with van der Waals surface area (Å²) < 4.78 is 33.5. The van der Waals surface area contributed by atoms with Gasteiger partial charge in [-0.15, -0.1) is 5.10 Å². The van der Waals surface area contributed by atoms with Crippen LogP contribution < -0.4 is 9.46 Å². The van der Waals surface area contributed by atoms with Gasteiger partial charge in [0.25, 0.3) is 0 Å². The monoisotopic (exact) mass is 554 g/mol. The maximum Gasteiger partial charge on any atom is 0.234 e. The van der Waals surface area contributed by atoms with Crippen LogP contribution in [0.15, 0.2) is 42.9 Å². The Morgan fingerprint density at radius 3 is 2.79 bits per heavy atom. The topological polar surface area (TPSA) is 119 Å². The zero-order chi connectivity index (χ0) is 28.0. The first-order valence-electron chi connectivity index (χ1n) is 13.4. The van der Waals surface area contributed by atoms with Crippen LogP contribution in [0.5, 0.6) is 5.75 Å². The lowest BCUT2D eigenvalue weighted by Gasteiger charge is -2.25. The van der Waals surface area contributed by atoms with Crippen LogP contribution in [0.3, 0.4) is 0 Å². The third-order valence-electron chi connectivity index (χ3n) is 7.09. The highest BCUT2D eigenvalue weighted by atomic mass is 32.2. The molecule has 3 heterocycles. The molecule has 0 fully saturated rings. The van der Waals surface area contributed by atoms with Crippen molar-refractivity contribution in [1.82, 2.24) is 29.6 Å². The number of hydrogen-bond donors (Lipinski definition) is 1. The number of benzene rings is 1. The second kappa shape index (κ2) is 12.7. The van der Waals surface area contributed by atoms with E-state index in [9.17, 15) is 13.2 Å². The van der Waals surface area contributed by atoms with E-state index < -0.39 is 15.9 Å². The highest BCUT2D eigenvalue weighted by Gasteiger charge is 2.24. The summed E-state index contributed by atoms with van der Waals surface area (Å²) in [6.07, 6.45) is 8.85. The molecule has 2 aromatic heterocycles. The number of nitrogens with one attached hydrogen (secondary N) is 1. The van der Waals surface area contributed by atoms with E-state index >= 15 is 0 Å². The van der Waals surface area contributed by atoms with Gasteiger partial charge in [-0.2, -0.15) is 0 Å². The van der Waals surface area contributed by atoms with Crippen LogP contribution in [0.1, 0.15) is 67.0 Å². The fourth-order valence-electron chi connectivity index (χ4n) is 4.94. The Bertz CT molecular complexity index is 1390. The van der Waals surface area contributed by atoms with Gasteiger partial charge in [0.15, 0.2) is 0 Å². The molecule has 1 aromatic carbocycles. The number of aromatic nitrogens is 4. The van der Waals surface area contributed by atoms with Crippen molar-refractivity contribution in [2.45, 2.75) is 78.1 Å². The molecular formula is C28H38N6O4S. The smallest absolute Gasteiger partial charge is 0.234 e. The number of ether oxygens (including phenoxy) is 1. The van der Waals surface area contributed by atoms with Crippen molar-refractivity contribution in [3.63, 3.8) is 0 Å². The number of pyridine rings is 1. The number of sulfonamides is 1. The van der Waals surface area contributed by atoms with E-state index in [0.29, 0.717) is 12.8 Å². The molecule has 0 saturated carbocycles. The van der Waals surface area contributed by atoms with E-state index in [1.54, 1.807) is 10.9 Å². The number of amides is 1. The van der Waals surface area contributed by atoms with Crippen LogP contribution in [0.4, 0.5) is 0 Å². The van der Waals surface area contributed by atoms with Crippen molar-refractivity contribution in [3.8, 4) is 5.75 Å². The summed E-state index contributed by atoms with van der Waals surface area (Å²) in [5.74, 6) is 0.196. The average Bonchev–Trinajstić information content (AvgIpc) is 3.27. The number of aryl methyl sites for hydroxylation is 3. The Hall–Kier alpha value is -3.31. The minimum absolute atomic E-state index is 0.0615. The number of carbonyl (C=O) groups excluding carboxylic acids is 1. The van der Waals surface area contributed by atoms with Gasteiger partial charge in [-0.05, 0) is 61.8 Å². The van der Waals surface area contributed by atoms with Gasteiger partial charge < -0.3 is 4.74 Å². The SMILES string of the molecule is CCC1CN(Cc2cc(C(CCc3cn(CC)nn3)CC(=O)NS(C)(=O)=O)ccc2C)Cc2cnccc2O1. The maximum absolute atomic E-state index is 12.6. The number of rotatable bonds is 11. The molecule has 0 aliphatic carbocycles. The largest absolute Gasteiger partial charge is 0.489 e. The summed E-state index contributed by atoms with van der Waals surface area (Å²) in [4.78, 5) is 19.3. The lowest BCUT2D eigenvalue weighted by Crippen LogP contribution is -2.32. The summed E-state index contributed by atoms with van der Waals surface area (Å²) >= 11 is 0. The van der Waals surface area contributed by atoms with Crippen molar-refractivity contribution in [1.29, 1.82) is 0 Å². The molecule has 0 radical (unpaired) electrons. The van der Waals surface area contributed by atoms with Gasteiger partial charge in [0.2, 0.25) is 15.9 Å². The number of fused-ring (bicyclic) bond motifs is 1. The van der Waals surface area contributed by atoms with Crippen LogP contribution in [0.25, 0.3) is 0 Å². The molecule has 10 nitrogen and oxygen atoms in total. The predicted octanol–water partition coefficient (Wildman–Crippen LogP) is 3.36. The van der Waals surface area contributed by atoms with Crippen LogP contribution in [0, 0.1) is 6.92 Å². The minimum atomic E-state index is -3.64. The van der Waals surface area contributed by atoms with Gasteiger partial charge in [0.05, 0.1) is 11.9 Å². The second-order valence-electron chi connectivity index (χ2n) is 10.3. The van der Waals surface area contributed by atoms with Crippen molar-refractivity contribution in [3.05, 3.63) is 70.8 Å². The molecule has 1 amide bonds. The zero-order valence-corrected chi connectivity index (χ0v) is 23.9. The highest BCUT2D eigenvalue weighted by Crippen LogP contribution is 2.30. The standard InChI is InChI=1S/C28H38N6O4S/c1-5-26-19-33(17-24-15-29-12-11-27(24)38-26)16-23-13-21(8-7-20(23)3)22(14-28(35)31-39(4,36)37)9-10-25-18-34(6-2)32-30-25/h7-8,11-13,15,18,22,26H,5-6,9-10,14,16-17,19H2,1-4H3,(H,31,35). The molecule has 0 spiro atoms. The van der Waals surface area contributed by atoms with Crippen molar-refractivity contribution in [2.24, 2.45) is 0 Å². The van der Waals surface area contributed by atoms with Crippen LogP contribution in [-0.2, 0) is 40.9 Å². The summed E-state index contributed by atoms with van der Waals surface area (Å²) in [6, 6.07) is 8.21. The number of carbonyl (C=O) groups is 1. The lowest BCUT2D eigenvalue weighted by molar-refractivity contribution is -0.119. The predicted molar refractivity (Wildman–Crippen MR) is 149 cm³/mol. The van der Waals surface area contributed by atoms with Gasteiger partial charge in [0.1, 0.15) is 11.9 Å². The minimum Gasteiger partial charge on any atom is -0.489 e. The first kappa shape index (κ1) is 28.7. The fourth-order valence-corrected chi connectivity index (χ4v) is 5.43. The molecule has 11 heteroatoms. The molecule has 1 aliphatic rings. The van der Waals surface area contributed by atoms with Crippen molar-refractivity contribution >= 4 is 15.9 Å². The number of nitrogens with zero attached hydrogens (tertiary/aromatic N) is 5.